The number of esters is 1. The smallest absolute Gasteiger partial charge is 0.412 e. The van der Waals surface area contributed by atoms with Gasteiger partial charge in [-0.05, 0) is 57.0 Å². The van der Waals surface area contributed by atoms with Crippen molar-refractivity contribution in [1.29, 1.82) is 0 Å². The molecule has 1 aromatic carbocycles. The largest absolute Gasteiger partial charge is 0.493 e. The van der Waals surface area contributed by atoms with Crippen molar-refractivity contribution < 1.29 is 28.3 Å². The minimum atomic E-state index is -0.619. The standard InChI is InChI=1S/C27H31N3O6/c1-17-24(29-27(32)35-18(2)20-8-6-14-28-15-20)25(36-30-17)19-10-12-22(13-11-19)34-16-21-7-4-5-9-23(21)26(31)33-3/h6,8,10-15,18,21,23H,4-5,7,9,16H2,1-3H3,(H,29,32)/t18-,21-,23+/m1/s1. The van der Waals surface area contributed by atoms with E-state index in [1.807, 2.05) is 30.3 Å². The molecule has 1 N–H and O–H groups in total. The monoisotopic (exact) mass is 493 g/mol. The van der Waals surface area contributed by atoms with Crippen LogP contribution in [0.4, 0.5) is 10.5 Å². The molecule has 1 saturated carbocycles. The van der Waals surface area contributed by atoms with E-state index < -0.39 is 12.2 Å². The third-order valence-corrected chi connectivity index (χ3v) is 6.52. The van der Waals surface area contributed by atoms with Gasteiger partial charge in [0.2, 0.25) is 0 Å². The van der Waals surface area contributed by atoms with Gasteiger partial charge in [0, 0.05) is 29.4 Å². The zero-order valence-electron chi connectivity index (χ0n) is 20.7. The highest BCUT2D eigenvalue weighted by atomic mass is 16.6. The summed E-state index contributed by atoms with van der Waals surface area (Å²) < 4.78 is 21.9. The predicted molar refractivity (Wildman–Crippen MR) is 132 cm³/mol. The summed E-state index contributed by atoms with van der Waals surface area (Å²) in [6.07, 6.45) is 6.13. The quantitative estimate of drug-likeness (QED) is 0.397. The second kappa shape index (κ2) is 11.7. The number of nitrogens with zero attached hydrogens (tertiary/aromatic N) is 2. The first-order valence-electron chi connectivity index (χ1n) is 12.1. The van der Waals surface area contributed by atoms with Crippen molar-refractivity contribution in [2.75, 3.05) is 19.0 Å². The number of anilines is 1. The summed E-state index contributed by atoms with van der Waals surface area (Å²) in [7, 11) is 1.43. The van der Waals surface area contributed by atoms with Crippen LogP contribution in [0.2, 0.25) is 0 Å². The van der Waals surface area contributed by atoms with Crippen molar-refractivity contribution in [1.82, 2.24) is 10.1 Å². The minimum Gasteiger partial charge on any atom is -0.493 e. The number of hydrogen-bond acceptors (Lipinski definition) is 8. The highest BCUT2D eigenvalue weighted by Crippen LogP contribution is 2.34. The molecule has 9 nitrogen and oxygen atoms in total. The number of benzene rings is 1. The summed E-state index contributed by atoms with van der Waals surface area (Å²) in [5.41, 5.74) is 2.48. The van der Waals surface area contributed by atoms with Crippen molar-refractivity contribution in [3.8, 4) is 17.1 Å². The lowest BCUT2D eigenvalue weighted by Crippen LogP contribution is -2.32. The summed E-state index contributed by atoms with van der Waals surface area (Å²) in [5.74, 6) is 0.965. The minimum absolute atomic E-state index is 0.116. The maximum Gasteiger partial charge on any atom is 0.412 e. The number of pyridine rings is 1. The lowest BCUT2D eigenvalue weighted by molar-refractivity contribution is -0.149. The molecule has 1 amide bonds. The van der Waals surface area contributed by atoms with E-state index in [1.165, 1.54) is 7.11 Å². The number of carbonyl (C=O) groups excluding carboxylic acids is 2. The number of amides is 1. The predicted octanol–water partition coefficient (Wildman–Crippen LogP) is 5.71. The van der Waals surface area contributed by atoms with Crippen LogP contribution in [0, 0.1) is 18.8 Å². The van der Waals surface area contributed by atoms with Crippen LogP contribution in [0.1, 0.15) is 50.0 Å². The Morgan fingerprint density at radius 3 is 2.67 bits per heavy atom. The topological polar surface area (TPSA) is 113 Å². The number of nitrogens with one attached hydrogen (secondary N) is 1. The van der Waals surface area contributed by atoms with Crippen molar-refractivity contribution in [3.63, 3.8) is 0 Å². The van der Waals surface area contributed by atoms with Crippen LogP contribution in [0.3, 0.4) is 0 Å². The van der Waals surface area contributed by atoms with Crippen LogP contribution >= 0.6 is 0 Å². The van der Waals surface area contributed by atoms with Crippen LogP contribution in [0.15, 0.2) is 53.3 Å². The molecule has 1 aliphatic carbocycles. The third-order valence-electron chi connectivity index (χ3n) is 6.52. The normalized spacial score (nSPS) is 18.2. The number of rotatable bonds is 8. The van der Waals surface area contributed by atoms with Gasteiger partial charge in [0.1, 0.15) is 23.2 Å². The fraction of sp³-hybridized carbons (Fsp3) is 0.407. The molecular formula is C27H31N3O6. The molecule has 0 radical (unpaired) electrons. The highest BCUT2D eigenvalue weighted by molar-refractivity contribution is 5.90. The molecule has 0 spiro atoms. The van der Waals surface area contributed by atoms with Crippen molar-refractivity contribution in [3.05, 3.63) is 60.0 Å². The fourth-order valence-electron chi connectivity index (χ4n) is 4.47. The molecule has 0 unspecified atom stereocenters. The van der Waals surface area contributed by atoms with Gasteiger partial charge in [0.05, 0.1) is 19.6 Å². The van der Waals surface area contributed by atoms with E-state index in [0.29, 0.717) is 29.5 Å². The Bertz CT molecular complexity index is 1160. The van der Waals surface area contributed by atoms with E-state index in [9.17, 15) is 9.59 Å². The number of hydrogen-bond donors (Lipinski definition) is 1. The number of aromatic nitrogens is 2. The van der Waals surface area contributed by atoms with E-state index >= 15 is 0 Å². The van der Waals surface area contributed by atoms with Crippen LogP contribution < -0.4 is 10.1 Å². The second-order valence-corrected chi connectivity index (χ2v) is 8.94. The Hall–Kier alpha value is -3.88. The Balaban J connectivity index is 1.38. The van der Waals surface area contributed by atoms with Gasteiger partial charge in [-0.3, -0.25) is 15.1 Å². The first-order valence-corrected chi connectivity index (χ1v) is 12.1. The van der Waals surface area contributed by atoms with E-state index in [1.54, 1.807) is 32.3 Å². The van der Waals surface area contributed by atoms with Crippen molar-refractivity contribution in [2.45, 2.75) is 45.6 Å². The molecule has 9 heteroatoms. The van der Waals surface area contributed by atoms with E-state index in [2.05, 4.69) is 15.5 Å². The van der Waals surface area contributed by atoms with E-state index in [-0.39, 0.29) is 17.8 Å². The average molecular weight is 494 g/mol. The van der Waals surface area contributed by atoms with Crippen LogP contribution in [0.5, 0.6) is 5.75 Å². The van der Waals surface area contributed by atoms with Crippen molar-refractivity contribution in [2.24, 2.45) is 11.8 Å². The molecule has 2 heterocycles. The fourth-order valence-corrected chi connectivity index (χ4v) is 4.47. The van der Waals surface area contributed by atoms with Gasteiger partial charge in [0.15, 0.2) is 5.76 Å². The van der Waals surface area contributed by atoms with Gasteiger partial charge < -0.3 is 18.7 Å². The van der Waals surface area contributed by atoms with Gasteiger partial charge in [0.25, 0.3) is 0 Å². The van der Waals surface area contributed by atoms with Crippen LogP contribution in [0.25, 0.3) is 11.3 Å². The van der Waals surface area contributed by atoms with Gasteiger partial charge in [-0.1, -0.05) is 24.1 Å². The molecule has 3 aromatic rings. The van der Waals surface area contributed by atoms with E-state index in [4.69, 9.17) is 18.7 Å². The Morgan fingerprint density at radius 1 is 1.17 bits per heavy atom. The molecule has 3 atom stereocenters. The molecular weight excluding hydrogens is 462 g/mol. The maximum atomic E-state index is 12.5. The van der Waals surface area contributed by atoms with Gasteiger partial charge in [-0.2, -0.15) is 0 Å². The van der Waals surface area contributed by atoms with Crippen LogP contribution in [-0.2, 0) is 14.3 Å². The van der Waals surface area contributed by atoms with Gasteiger partial charge in [-0.15, -0.1) is 0 Å². The number of aryl methyl sites for hydroxylation is 1. The summed E-state index contributed by atoms with van der Waals surface area (Å²) in [6, 6.07) is 11.0. The summed E-state index contributed by atoms with van der Waals surface area (Å²) in [5, 5.41) is 6.75. The zero-order valence-corrected chi connectivity index (χ0v) is 20.7. The molecule has 0 aliphatic heterocycles. The Kier molecular flexibility index (Phi) is 8.20. The first-order chi connectivity index (χ1) is 17.5. The Labute approximate surface area is 210 Å². The average Bonchev–Trinajstić information content (AvgIpc) is 3.27. The summed E-state index contributed by atoms with van der Waals surface area (Å²) in [6.45, 7) is 3.97. The highest BCUT2D eigenvalue weighted by Gasteiger charge is 2.32. The SMILES string of the molecule is COC(=O)[C@H]1CCCC[C@@H]1COc1ccc(-c2onc(C)c2NC(=O)O[C@H](C)c2cccnc2)cc1. The second-order valence-electron chi connectivity index (χ2n) is 8.94. The maximum absolute atomic E-state index is 12.5. The summed E-state index contributed by atoms with van der Waals surface area (Å²) in [4.78, 5) is 28.7. The number of carbonyl (C=O) groups is 2. The number of methoxy groups -OCH3 is 1. The molecule has 190 valence electrons. The summed E-state index contributed by atoms with van der Waals surface area (Å²) >= 11 is 0. The van der Waals surface area contributed by atoms with E-state index in [0.717, 1.165) is 36.8 Å². The molecule has 0 bridgehead atoms. The lowest BCUT2D eigenvalue weighted by atomic mass is 9.80. The molecule has 0 saturated heterocycles. The number of ether oxygens (including phenoxy) is 3. The lowest BCUT2D eigenvalue weighted by Gasteiger charge is -2.29. The molecule has 4 rings (SSSR count). The van der Waals surface area contributed by atoms with Gasteiger partial charge in [-0.25, -0.2) is 4.79 Å². The Morgan fingerprint density at radius 2 is 1.94 bits per heavy atom. The molecule has 2 aromatic heterocycles. The molecule has 1 fully saturated rings. The first kappa shape index (κ1) is 25.2. The third kappa shape index (κ3) is 6.02. The molecule has 1 aliphatic rings. The zero-order chi connectivity index (χ0) is 25.5. The van der Waals surface area contributed by atoms with Gasteiger partial charge >= 0.3 is 12.1 Å². The van der Waals surface area contributed by atoms with Crippen molar-refractivity contribution >= 4 is 17.7 Å². The van der Waals surface area contributed by atoms with Crippen LogP contribution in [-0.4, -0.2) is 35.9 Å². The molecule has 36 heavy (non-hydrogen) atoms.